The topological polar surface area (TPSA) is 42.7 Å². The van der Waals surface area contributed by atoms with Gasteiger partial charge in [0.05, 0.1) is 12.3 Å². The molecule has 1 amide bonds. The average Bonchev–Trinajstić information content (AvgIpc) is 3.44. The van der Waals surface area contributed by atoms with Crippen molar-refractivity contribution in [2.75, 3.05) is 6.61 Å². The van der Waals surface area contributed by atoms with Gasteiger partial charge in [-0.05, 0) is 65.6 Å². The van der Waals surface area contributed by atoms with E-state index < -0.39 is 0 Å². The highest BCUT2D eigenvalue weighted by molar-refractivity contribution is 5.79. The zero-order chi connectivity index (χ0) is 20.8. The van der Waals surface area contributed by atoms with Crippen molar-refractivity contribution in [1.29, 1.82) is 0 Å². The molecule has 6 rings (SSSR count). The van der Waals surface area contributed by atoms with Gasteiger partial charge < -0.3 is 9.15 Å². The van der Waals surface area contributed by atoms with Gasteiger partial charge in [-0.1, -0.05) is 54.6 Å². The molecule has 2 atom stereocenters. The van der Waals surface area contributed by atoms with Crippen LogP contribution in [0.2, 0.25) is 0 Å². The van der Waals surface area contributed by atoms with Gasteiger partial charge in [0.25, 0.3) is 0 Å². The number of nitrogens with zero attached hydrogens (tertiary/aromatic N) is 1. The fourth-order valence-electron chi connectivity index (χ4n) is 5.63. The standard InChI is InChI=1S/C27H25NO3/c29-27(28-19-7-5-8-20(28)16-18(15-19)26-13-6-14-30-26)31-17-25-23-11-3-1-9-21(23)22-10-2-4-12-24(22)25/h1-4,6,9-15,19-20,25H,5,7-8,16-17H2. The molecule has 1 aromatic heterocycles. The monoisotopic (exact) mass is 411 g/mol. The van der Waals surface area contributed by atoms with Gasteiger partial charge in [-0.25, -0.2) is 4.79 Å². The number of rotatable bonds is 3. The van der Waals surface area contributed by atoms with Crippen molar-refractivity contribution in [3.63, 3.8) is 0 Å². The van der Waals surface area contributed by atoms with Crippen LogP contribution in [0.3, 0.4) is 0 Å². The molecule has 0 radical (unpaired) electrons. The van der Waals surface area contributed by atoms with Crippen LogP contribution >= 0.6 is 0 Å². The Morgan fingerprint density at radius 1 is 0.968 bits per heavy atom. The number of fused-ring (bicyclic) bond motifs is 5. The van der Waals surface area contributed by atoms with Crippen molar-refractivity contribution >= 4 is 11.7 Å². The maximum absolute atomic E-state index is 13.2. The number of hydrogen-bond acceptors (Lipinski definition) is 3. The predicted octanol–water partition coefficient (Wildman–Crippen LogP) is 6.24. The Balaban J connectivity index is 1.22. The van der Waals surface area contributed by atoms with E-state index in [4.69, 9.17) is 9.15 Å². The smallest absolute Gasteiger partial charge is 0.410 e. The molecule has 1 saturated heterocycles. The lowest BCUT2D eigenvalue weighted by atomic mass is 9.84. The van der Waals surface area contributed by atoms with Crippen molar-refractivity contribution in [2.24, 2.45) is 0 Å². The molecule has 156 valence electrons. The van der Waals surface area contributed by atoms with Crippen LogP contribution in [0, 0.1) is 0 Å². The Bertz CT molecular complexity index is 1100. The second kappa shape index (κ2) is 7.45. The third-order valence-corrected chi connectivity index (χ3v) is 7.02. The second-order valence-electron chi connectivity index (χ2n) is 8.74. The molecule has 1 fully saturated rings. The quantitative estimate of drug-likeness (QED) is 0.512. The molecule has 3 aliphatic rings. The average molecular weight is 412 g/mol. The van der Waals surface area contributed by atoms with Crippen molar-refractivity contribution in [3.05, 3.63) is 89.9 Å². The highest BCUT2D eigenvalue weighted by Crippen LogP contribution is 2.45. The maximum Gasteiger partial charge on any atom is 0.410 e. The number of carbonyl (C=O) groups is 1. The first-order chi connectivity index (χ1) is 15.3. The third-order valence-electron chi connectivity index (χ3n) is 7.02. The Morgan fingerprint density at radius 2 is 1.71 bits per heavy atom. The Hall–Kier alpha value is -3.27. The van der Waals surface area contributed by atoms with Crippen LogP contribution < -0.4 is 0 Å². The van der Waals surface area contributed by atoms with Crippen LogP contribution in [0.5, 0.6) is 0 Å². The highest BCUT2D eigenvalue weighted by Gasteiger charge is 2.39. The highest BCUT2D eigenvalue weighted by atomic mass is 16.6. The summed E-state index contributed by atoms with van der Waals surface area (Å²) in [5.41, 5.74) is 6.20. The van der Waals surface area contributed by atoms with E-state index in [9.17, 15) is 4.79 Å². The summed E-state index contributed by atoms with van der Waals surface area (Å²) >= 11 is 0. The van der Waals surface area contributed by atoms with Crippen LogP contribution in [0.15, 0.2) is 77.4 Å². The van der Waals surface area contributed by atoms with E-state index in [-0.39, 0.29) is 24.1 Å². The molecule has 4 nitrogen and oxygen atoms in total. The maximum atomic E-state index is 13.2. The van der Waals surface area contributed by atoms with Gasteiger partial charge in [0.2, 0.25) is 0 Å². The summed E-state index contributed by atoms with van der Waals surface area (Å²) in [6.07, 6.45) is 7.69. The minimum atomic E-state index is -0.189. The summed E-state index contributed by atoms with van der Waals surface area (Å²) in [4.78, 5) is 15.2. The van der Waals surface area contributed by atoms with Crippen molar-refractivity contribution in [1.82, 2.24) is 4.90 Å². The molecule has 1 aliphatic carbocycles. The fourth-order valence-corrected chi connectivity index (χ4v) is 5.63. The third kappa shape index (κ3) is 3.09. The first kappa shape index (κ1) is 18.5. The van der Waals surface area contributed by atoms with E-state index in [2.05, 4.69) is 54.6 Å². The summed E-state index contributed by atoms with van der Waals surface area (Å²) < 4.78 is 11.6. The predicted molar refractivity (Wildman–Crippen MR) is 120 cm³/mol. The van der Waals surface area contributed by atoms with Gasteiger partial charge in [-0.15, -0.1) is 0 Å². The number of ether oxygens (including phenoxy) is 1. The zero-order valence-electron chi connectivity index (χ0n) is 17.4. The summed E-state index contributed by atoms with van der Waals surface area (Å²) in [6, 6.07) is 21.1. The number of furan rings is 1. The fraction of sp³-hybridized carbons (Fsp3) is 0.296. The molecule has 0 N–H and O–H groups in total. The van der Waals surface area contributed by atoms with E-state index in [1.807, 2.05) is 17.0 Å². The van der Waals surface area contributed by atoms with Gasteiger partial charge in [0.15, 0.2) is 0 Å². The minimum absolute atomic E-state index is 0.0863. The normalized spacial score (nSPS) is 21.9. The van der Waals surface area contributed by atoms with Gasteiger partial charge in [0, 0.05) is 12.0 Å². The van der Waals surface area contributed by atoms with Crippen LogP contribution in [0.25, 0.3) is 16.7 Å². The van der Waals surface area contributed by atoms with Crippen LogP contribution in [-0.2, 0) is 4.74 Å². The van der Waals surface area contributed by atoms with Crippen LogP contribution in [0.4, 0.5) is 4.79 Å². The van der Waals surface area contributed by atoms with E-state index >= 15 is 0 Å². The molecule has 0 saturated carbocycles. The Morgan fingerprint density at radius 3 is 2.39 bits per heavy atom. The molecule has 4 heteroatoms. The molecule has 2 unspecified atom stereocenters. The van der Waals surface area contributed by atoms with Crippen LogP contribution in [0.1, 0.15) is 48.5 Å². The molecule has 0 spiro atoms. The van der Waals surface area contributed by atoms with E-state index in [1.54, 1.807) is 6.26 Å². The molecule has 31 heavy (non-hydrogen) atoms. The lowest BCUT2D eigenvalue weighted by Gasteiger charge is -2.44. The zero-order valence-corrected chi connectivity index (χ0v) is 17.4. The SMILES string of the molecule is O=C(OCC1c2ccccc2-c2ccccc21)N1C2C=C(c3ccco3)CC1CCC2. The number of hydrogen-bond donors (Lipinski definition) is 0. The minimum Gasteiger partial charge on any atom is -0.465 e. The van der Waals surface area contributed by atoms with Crippen LogP contribution in [-0.4, -0.2) is 29.7 Å². The van der Waals surface area contributed by atoms with Gasteiger partial charge in [0.1, 0.15) is 12.4 Å². The molecule has 3 aromatic rings. The molecule has 2 aromatic carbocycles. The van der Waals surface area contributed by atoms with Gasteiger partial charge >= 0.3 is 6.09 Å². The first-order valence-electron chi connectivity index (χ1n) is 11.2. The summed E-state index contributed by atoms with van der Waals surface area (Å²) in [5.74, 6) is 1.01. The van der Waals surface area contributed by atoms with E-state index in [1.165, 1.54) is 27.8 Å². The Kier molecular flexibility index (Phi) is 4.45. The molecule has 2 bridgehead atoms. The largest absolute Gasteiger partial charge is 0.465 e. The number of carbonyl (C=O) groups excluding carboxylic acids is 1. The summed E-state index contributed by atoms with van der Waals surface area (Å²) in [6.45, 7) is 0.373. The second-order valence-corrected chi connectivity index (χ2v) is 8.74. The first-order valence-corrected chi connectivity index (χ1v) is 11.2. The van der Waals surface area contributed by atoms with Gasteiger partial charge in [-0.2, -0.15) is 0 Å². The lowest BCUT2D eigenvalue weighted by Crippen LogP contribution is -2.51. The summed E-state index contributed by atoms with van der Waals surface area (Å²) in [5, 5.41) is 0. The van der Waals surface area contributed by atoms with Crippen molar-refractivity contribution < 1.29 is 13.9 Å². The lowest BCUT2D eigenvalue weighted by molar-refractivity contribution is 0.0537. The van der Waals surface area contributed by atoms with E-state index in [0.29, 0.717) is 6.61 Å². The number of benzene rings is 2. The number of piperidine rings is 1. The van der Waals surface area contributed by atoms with Crippen molar-refractivity contribution in [2.45, 2.75) is 43.7 Å². The van der Waals surface area contributed by atoms with Crippen molar-refractivity contribution in [3.8, 4) is 11.1 Å². The molecule has 2 aliphatic heterocycles. The Labute approximate surface area is 182 Å². The molecule has 3 heterocycles. The molecular weight excluding hydrogens is 386 g/mol. The number of amides is 1. The van der Waals surface area contributed by atoms with Gasteiger partial charge in [-0.3, -0.25) is 4.90 Å². The summed E-state index contributed by atoms with van der Waals surface area (Å²) in [7, 11) is 0. The van der Waals surface area contributed by atoms with E-state index in [0.717, 1.165) is 31.4 Å². The molecular formula is C27H25NO3.